The van der Waals surface area contributed by atoms with Crippen LogP contribution in [0.5, 0.6) is 0 Å². The predicted octanol–water partition coefficient (Wildman–Crippen LogP) is 13.3. The lowest BCUT2D eigenvalue weighted by Gasteiger charge is -2.19. The van der Waals surface area contributed by atoms with Gasteiger partial charge in [-0.3, -0.25) is 0 Å². The number of benzene rings is 8. The van der Waals surface area contributed by atoms with Gasteiger partial charge in [0.15, 0.2) is 0 Å². The number of nitriles is 5. The maximum Gasteiger partial charge on any atom is 0.416 e. The van der Waals surface area contributed by atoms with Gasteiger partial charge in [0.1, 0.15) is 11.6 Å². The highest BCUT2D eigenvalue weighted by molar-refractivity contribution is 6.12. The fraction of sp³-hybridized carbons (Fsp3) is 0.0185. The average Bonchev–Trinajstić information content (AvgIpc) is 3.84. The summed E-state index contributed by atoms with van der Waals surface area (Å²) in [4.78, 5) is 0. The highest BCUT2D eigenvalue weighted by atomic mass is 19.4. The van der Waals surface area contributed by atoms with Crippen molar-refractivity contribution < 1.29 is 13.2 Å². The summed E-state index contributed by atoms with van der Waals surface area (Å²) in [5.74, 6) is 0. The van der Waals surface area contributed by atoms with E-state index >= 15 is 0 Å². The van der Waals surface area contributed by atoms with Gasteiger partial charge in [0.2, 0.25) is 0 Å². The monoisotopic (exact) mass is 829 g/mol. The van der Waals surface area contributed by atoms with E-state index in [1.54, 1.807) is 42.5 Å². The molecule has 10 rings (SSSR count). The SMILES string of the molecule is N#Cc1cc(C#N)cc(-c2ccc3c4ccccc4n(-c4cc(-c5cccc(C(F)(F)F)c5)cc(-n5c6ccccc6c6ccc(-c7cc(C#N)cc(C#N)c7)cc65)c4C#N)c3c2)c1. The first-order valence-electron chi connectivity index (χ1n) is 19.8. The lowest BCUT2D eigenvalue weighted by atomic mass is 9.97. The van der Waals surface area contributed by atoms with E-state index in [9.17, 15) is 39.5 Å². The number of halogens is 3. The molecule has 0 atom stereocenters. The Morgan fingerprint density at radius 3 is 1.17 bits per heavy atom. The van der Waals surface area contributed by atoms with Gasteiger partial charge in [0.25, 0.3) is 0 Å². The van der Waals surface area contributed by atoms with Crippen molar-refractivity contribution in [3.8, 4) is 75.1 Å². The zero-order valence-electron chi connectivity index (χ0n) is 33.3. The highest BCUT2D eigenvalue weighted by Crippen LogP contribution is 2.43. The number of aromatic nitrogens is 2. The Kier molecular flexibility index (Phi) is 9.06. The third-order valence-corrected chi connectivity index (χ3v) is 11.6. The number of nitrogens with zero attached hydrogens (tertiary/aromatic N) is 7. The van der Waals surface area contributed by atoms with Crippen molar-refractivity contribution in [3.05, 3.63) is 191 Å². The van der Waals surface area contributed by atoms with Crippen molar-refractivity contribution in [3.63, 3.8) is 0 Å². The molecule has 0 saturated heterocycles. The molecule has 0 aliphatic heterocycles. The van der Waals surface area contributed by atoms with Crippen LogP contribution in [0.2, 0.25) is 0 Å². The first-order chi connectivity index (χ1) is 31.1. The number of alkyl halides is 3. The number of para-hydroxylation sites is 2. The van der Waals surface area contributed by atoms with E-state index < -0.39 is 11.7 Å². The fourth-order valence-electron chi connectivity index (χ4n) is 8.79. The zero-order chi connectivity index (χ0) is 44.3. The number of hydrogen-bond acceptors (Lipinski definition) is 5. The van der Waals surface area contributed by atoms with Crippen molar-refractivity contribution in [2.45, 2.75) is 6.18 Å². The van der Waals surface area contributed by atoms with Gasteiger partial charge >= 0.3 is 6.18 Å². The van der Waals surface area contributed by atoms with Crippen LogP contribution < -0.4 is 0 Å². The molecule has 0 unspecified atom stereocenters. The largest absolute Gasteiger partial charge is 0.416 e. The van der Waals surface area contributed by atoms with Gasteiger partial charge in [0.05, 0.1) is 85.5 Å². The lowest BCUT2D eigenvalue weighted by Crippen LogP contribution is -2.06. The van der Waals surface area contributed by atoms with E-state index in [-0.39, 0.29) is 11.1 Å². The van der Waals surface area contributed by atoms with Gasteiger partial charge in [-0.1, -0.05) is 72.8 Å². The highest BCUT2D eigenvalue weighted by Gasteiger charge is 2.31. The summed E-state index contributed by atoms with van der Waals surface area (Å²) in [7, 11) is 0. The molecule has 0 radical (unpaired) electrons. The van der Waals surface area contributed by atoms with Crippen molar-refractivity contribution in [1.82, 2.24) is 9.13 Å². The molecule has 2 aromatic heterocycles. The predicted molar refractivity (Wildman–Crippen MR) is 240 cm³/mol. The number of rotatable bonds is 5. The van der Waals surface area contributed by atoms with E-state index in [4.69, 9.17) is 0 Å². The minimum atomic E-state index is -4.62. The van der Waals surface area contributed by atoms with Gasteiger partial charge in [-0.05, 0) is 118 Å². The summed E-state index contributed by atoms with van der Waals surface area (Å²) in [5, 5.41) is 54.0. The Balaban J connectivity index is 1.33. The molecule has 0 aliphatic rings. The molecule has 10 aromatic rings. The molecule has 0 N–H and O–H groups in total. The molecule has 10 heteroatoms. The summed E-state index contributed by atoms with van der Waals surface area (Å²) >= 11 is 0. The van der Waals surface area contributed by atoms with Crippen LogP contribution in [0.15, 0.2) is 158 Å². The van der Waals surface area contributed by atoms with E-state index in [0.717, 1.165) is 44.7 Å². The van der Waals surface area contributed by atoms with Crippen LogP contribution in [0, 0.1) is 56.7 Å². The summed E-state index contributed by atoms with van der Waals surface area (Å²) in [6.45, 7) is 0. The van der Waals surface area contributed by atoms with Crippen LogP contribution in [0.1, 0.15) is 33.4 Å². The Morgan fingerprint density at radius 2 is 0.750 bits per heavy atom. The maximum atomic E-state index is 14.3. The second-order valence-electron chi connectivity index (χ2n) is 15.3. The van der Waals surface area contributed by atoms with Crippen LogP contribution in [0.4, 0.5) is 13.2 Å². The third kappa shape index (κ3) is 6.34. The summed E-state index contributed by atoms with van der Waals surface area (Å²) in [6, 6.07) is 56.4. The smallest absolute Gasteiger partial charge is 0.308 e. The van der Waals surface area contributed by atoms with Gasteiger partial charge in [0, 0.05) is 21.5 Å². The van der Waals surface area contributed by atoms with Gasteiger partial charge in [-0.2, -0.15) is 39.5 Å². The molecular weight excluding hydrogens is 804 g/mol. The normalized spacial score (nSPS) is 11.3. The molecule has 2 heterocycles. The van der Waals surface area contributed by atoms with Gasteiger partial charge in [-0.15, -0.1) is 0 Å². The molecule has 0 aliphatic carbocycles. The van der Waals surface area contributed by atoms with Crippen LogP contribution in [0.3, 0.4) is 0 Å². The minimum absolute atomic E-state index is 0.230. The third-order valence-electron chi connectivity index (χ3n) is 11.6. The first-order valence-corrected chi connectivity index (χ1v) is 19.8. The maximum absolute atomic E-state index is 14.3. The first kappa shape index (κ1) is 38.8. The fourth-order valence-corrected chi connectivity index (χ4v) is 8.79. The standard InChI is InChI=1S/C54H26F3N7/c55-54(56,57)42-7-5-6-36(22-42)41-25-52(63-48-10-3-1-8-43(48)45-14-12-37(23-50(45)63)39-18-32(27-58)16-33(19-39)28-59)47(31-62)53(26-41)64-49-11-4-2-9-44(49)46-15-13-38(24-51(46)64)40-20-34(29-60)17-35(21-40)30-61/h1-26H. The van der Waals surface area contributed by atoms with Gasteiger partial charge < -0.3 is 9.13 Å². The second-order valence-corrected chi connectivity index (χ2v) is 15.3. The van der Waals surface area contributed by atoms with Crippen LogP contribution >= 0.6 is 0 Å². The van der Waals surface area contributed by atoms with Crippen LogP contribution in [-0.2, 0) is 6.18 Å². The molecule has 8 aromatic carbocycles. The van der Waals surface area contributed by atoms with E-state index in [2.05, 4.69) is 30.3 Å². The molecule has 0 bridgehead atoms. The van der Waals surface area contributed by atoms with E-state index in [1.165, 1.54) is 18.2 Å². The summed E-state index contributed by atoms with van der Waals surface area (Å²) in [5.41, 5.74) is 7.67. The van der Waals surface area contributed by atoms with Crippen molar-refractivity contribution in [2.24, 2.45) is 0 Å². The second kappa shape index (κ2) is 14.9. The molecule has 7 nitrogen and oxygen atoms in total. The average molecular weight is 830 g/mol. The van der Waals surface area contributed by atoms with Crippen LogP contribution in [0.25, 0.3) is 88.4 Å². The molecular formula is C54H26F3N7. The number of hydrogen-bond donors (Lipinski definition) is 0. The number of fused-ring (bicyclic) bond motifs is 6. The van der Waals surface area contributed by atoms with E-state index in [1.807, 2.05) is 94.1 Å². The molecule has 0 amide bonds. The van der Waals surface area contributed by atoms with Crippen molar-refractivity contribution in [1.29, 1.82) is 26.3 Å². The summed E-state index contributed by atoms with van der Waals surface area (Å²) < 4.78 is 46.9. The quantitative estimate of drug-likeness (QED) is 0.171. The minimum Gasteiger partial charge on any atom is -0.308 e. The molecule has 0 saturated carbocycles. The summed E-state index contributed by atoms with van der Waals surface area (Å²) in [6.07, 6.45) is -4.62. The van der Waals surface area contributed by atoms with Gasteiger partial charge in [-0.25, -0.2) is 0 Å². The topological polar surface area (TPSA) is 129 Å². The van der Waals surface area contributed by atoms with E-state index in [0.29, 0.717) is 72.5 Å². The van der Waals surface area contributed by atoms with Crippen molar-refractivity contribution in [2.75, 3.05) is 0 Å². The molecule has 298 valence electrons. The van der Waals surface area contributed by atoms with Crippen molar-refractivity contribution >= 4 is 43.6 Å². The molecule has 64 heavy (non-hydrogen) atoms. The van der Waals surface area contributed by atoms with Crippen LogP contribution in [-0.4, -0.2) is 9.13 Å². The Bertz CT molecular complexity index is 3570. The Morgan fingerprint density at radius 1 is 0.344 bits per heavy atom. The lowest BCUT2D eigenvalue weighted by molar-refractivity contribution is -0.137. The Labute approximate surface area is 363 Å². The zero-order valence-corrected chi connectivity index (χ0v) is 33.3. The molecule has 0 fully saturated rings. The molecule has 0 spiro atoms. The Hall–Kier alpha value is -9.40.